The molecule has 0 bridgehead atoms. The highest BCUT2D eigenvalue weighted by Gasteiger charge is 2.17. The van der Waals surface area contributed by atoms with Crippen LogP contribution < -0.4 is 20.2 Å². The lowest BCUT2D eigenvalue weighted by atomic mass is 10.1. The number of fused-ring (bicyclic) bond motifs is 1. The van der Waals surface area contributed by atoms with Gasteiger partial charge in [-0.3, -0.25) is 9.59 Å². The molecule has 0 atom stereocenters. The smallest absolute Gasteiger partial charge is 0.287 e. The lowest BCUT2D eigenvalue weighted by Gasteiger charge is -2.11. The number of carbonyl (C=O) groups excluding carboxylic acids is 2. The van der Waals surface area contributed by atoms with Gasteiger partial charge in [-0.15, -0.1) is 0 Å². The van der Waals surface area contributed by atoms with E-state index in [-0.39, 0.29) is 12.5 Å². The summed E-state index contributed by atoms with van der Waals surface area (Å²) in [4.78, 5) is 25.8. The predicted octanol–water partition coefficient (Wildman–Crippen LogP) is 4.12. The number of carbonyl (C=O) groups is 2. The predicted molar refractivity (Wildman–Crippen MR) is 126 cm³/mol. The molecule has 0 saturated heterocycles. The number of amides is 2. The zero-order valence-corrected chi connectivity index (χ0v) is 18.1. The second-order valence-corrected chi connectivity index (χ2v) is 7.21. The Bertz CT molecular complexity index is 1200. The molecule has 2 N–H and O–H groups in total. The Morgan fingerprint density at radius 1 is 0.909 bits per heavy atom. The lowest BCUT2D eigenvalue weighted by molar-refractivity contribution is -0.117. The highest BCUT2D eigenvalue weighted by Crippen LogP contribution is 2.33. The summed E-state index contributed by atoms with van der Waals surface area (Å²) in [5, 5.41) is 6.99. The van der Waals surface area contributed by atoms with Crippen molar-refractivity contribution in [2.24, 2.45) is 5.10 Å². The fourth-order valence-electron chi connectivity index (χ4n) is 3.27. The maximum Gasteiger partial charge on any atom is 0.287 e. The summed E-state index contributed by atoms with van der Waals surface area (Å²) in [5.74, 6) is 0.263. The van der Waals surface area contributed by atoms with Gasteiger partial charge < -0.3 is 14.8 Å². The second kappa shape index (κ2) is 10.3. The summed E-state index contributed by atoms with van der Waals surface area (Å²) in [6.45, 7) is 2.10. The van der Waals surface area contributed by atoms with Crippen LogP contribution in [-0.4, -0.2) is 24.3 Å². The van der Waals surface area contributed by atoms with E-state index in [1.165, 1.54) is 0 Å². The first kappa shape index (κ1) is 21.8. The van der Waals surface area contributed by atoms with Crippen molar-refractivity contribution in [1.82, 2.24) is 10.7 Å². The molecule has 7 nitrogen and oxygen atoms in total. The highest BCUT2D eigenvalue weighted by atomic mass is 16.7. The Hall–Kier alpha value is -4.39. The van der Waals surface area contributed by atoms with Gasteiger partial charge in [-0.25, -0.2) is 5.43 Å². The number of rotatable bonds is 7. The minimum absolute atomic E-state index is 0.0509. The molecule has 1 heterocycles. The van der Waals surface area contributed by atoms with Crippen molar-refractivity contribution < 1.29 is 19.1 Å². The third kappa shape index (κ3) is 5.46. The zero-order chi connectivity index (χ0) is 23.0. The summed E-state index contributed by atoms with van der Waals surface area (Å²) in [6.07, 6.45) is 2.20. The first-order valence-electron chi connectivity index (χ1n) is 10.5. The highest BCUT2D eigenvalue weighted by molar-refractivity contribution is 6.06. The SMILES string of the molecule is CC/C(=N\NC(=O)/C(=C\c1ccc2c(c1)OCO2)NC(=O)c1ccccc1)c1ccccc1. The van der Waals surface area contributed by atoms with Crippen LogP contribution in [0.3, 0.4) is 0 Å². The van der Waals surface area contributed by atoms with E-state index in [1.807, 2.05) is 43.3 Å². The van der Waals surface area contributed by atoms with Gasteiger partial charge >= 0.3 is 0 Å². The summed E-state index contributed by atoms with van der Waals surface area (Å²) < 4.78 is 10.8. The standard InChI is InChI=1S/C26H23N3O4/c1-2-21(19-9-5-3-6-10-19)28-29-26(31)22(27-25(30)20-11-7-4-8-12-20)15-18-13-14-23-24(16-18)33-17-32-23/h3-16H,2,17H2,1H3,(H,27,30)(H,29,31)/b22-15+,28-21+. The molecular weight excluding hydrogens is 418 g/mol. The third-order valence-corrected chi connectivity index (χ3v) is 4.97. The molecule has 3 aromatic rings. The fraction of sp³-hybridized carbons (Fsp3) is 0.115. The maximum atomic E-state index is 13.0. The van der Waals surface area contributed by atoms with E-state index in [4.69, 9.17) is 9.47 Å². The maximum absolute atomic E-state index is 13.0. The Morgan fingerprint density at radius 3 is 2.27 bits per heavy atom. The van der Waals surface area contributed by atoms with Crippen LogP contribution in [-0.2, 0) is 4.79 Å². The Labute approximate surface area is 191 Å². The van der Waals surface area contributed by atoms with Gasteiger partial charge in [0.05, 0.1) is 5.71 Å². The van der Waals surface area contributed by atoms with Gasteiger partial charge in [0.1, 0.15) is 5.70 Å². The van der Waals surface area contributed by atoms with Crippen LogP contribution in [0.5, 0.6) is 11.5 Å². The van der Waals surface area contributed by atoms with Crippen LogP contribution in [0.15, 0.2) is 89.7 Å². The van der Waals surface area contributed by atoms with E-state index in [1.54, 1.807) is 48.5 Å². The van der Waals surface area contributed by atoms with E-state index in [0.717, 1.165) is 11.3 Å². The van der Waals surface area contributed by atoms with Crippen molar-refractivity contribution in [2.45, 2.75) is 13.3 Å². The topological polar surface area (TPSA) is 89.0 Å². The van der Waals surface area contributed by atoms with E-state index in [0.29, 0.717) is 29.0 Å². The molecule has 3 aromatic carbocycles. The van der Waals surface area contributed by atoms with Gasteiger partial charge in [0.15, 0.2) is 11.5 Å². The minimum atomic E-state index is -0.543. The van der Waals surface area contributed by atoms with Crippen molar-refractivity contribution in [3.63, 3.8) is 0 Å². The minimum Gasteiger partial charge on any atom is -0.454 e. The fourth-order valence-corrected chi connectivity index (χ4v) is 3.27. The van der Waals surface area contributed by atoms with Gasteiger partial charge in [0.2, 0.25) is 6.79 Å². The molecule has 0 fully saturated rings. The number of nitrogens with one attached hydrogen (secondary N) is 2. The van der Waals surface area contributed by atoms with Gasteiger partial charge in [-0.1, -0.05) is 61.5 Å². The molecule has 0 radical (unpaired) electrons. The van der Waals surface area contributed by atoms with Crippen LogP contribution in [0, 0.1) is 0 Å². The molecule has 1 aliphatic rings. The molecular formula is C26H23N3O4. The van der Waals surface area contributed by atoms with E-state index in [2.05, 4.69) is 15.8 Å². The molecule has 0 aliphatic carbocycles. The normalized spacial score (nSPS) is 12.9. The Balaban J connectivity index is 1.60. The molecule has 1 aliphatic heterocycles. The van der Waals surface area contributed by atoms with E-state index < -0.39 is 11.8 Å². The quantitative estimate of drug-likeness (QED) is 0.328. The molecule has 0 spiro atoms. The number of ether oxygens (including phenoxy) is 2. The van der Waals surface area contributed by atoms with Crippen molar-refractivity contribution in [2.75, 3.05) is 6.79 Å². The number of hydrogen-bond donors (Lipinski definition) is 2. The van der Waals surface area contributed by atoms with Crippen LogP contribution >= 0.6 is 0 Å². The van der Waals surface area contributed by atoms with Gasteiger partial charge in [0, 0.05) is 5.56 Å². The molecule has 166 valence electrons. The number of nitrogens with zero attached hydrogens (tertiary/aromatic N) is 1. The molecule has 2 amide bonds. The summed E-state index contributed by atoms with van der Waals surface area (Å²) in [7, 11) is 0. The lowest BCUT2D eigenvalue weighted by Crippen LogP contribution is -2.33. The second-order valence-electron chi connectivity index (χ2n) is 7.21. The van der Waals surface area contributed by atoms with Crippen molar-refractivity contribution in [3.8, 4) is 11.5 Å². The average Bonchev–Trinajstić information content (AvgIpc) is 3.33. The summed E-state index contributed by atoms with van der Waals surface area (Å²) in [5.41, 5.74) is 5.36. The van der Waals surface area contributed by atoms with Gasteiger partial charge in [0.25, 0.3) is 11.8 Å². The van der Waals surface area contributed by atoms with Crippen LogP contribution in [0.1, 0.15) is 34.8 Å². The van der Waals surface area contributed by atoms with Crippen LogP contribution in [0.2, 0.25) is 0 Å². The van der Waals surface area contributed by atoms with Crippen molar-refractivity contribution in [1.29, 1.82) is 0 Å². The van der Waals surface area contributed by atoms with Crippen molar-refractivity contribution in [3.05, 3.63) is 101 Å². The third-order valence-electron chi connectivity index (χ3n) is 4.97. The molecule has 0 saturated carbocycles. The molecule has 33 heavy (non-hydrogen) atoms. The first-order chi connectivity index (χ1) is 16.1. The van der Waals surface area contributed by atoms with Gasteiger partial charge in [-0.05, 0) is 47.9 Å². The summed E-state index contributed by atoms with van der Waals surface area (Å²) in [6, 6.07) is 23.5. The zero-order valence-electron chi connectivity index (χ0n) is 18.1. The molecule has 0 unspecified atom stereocenters. The average molecular weight is 441 g/mol. The monoisotopic (exact) mass is 441 g/mol. The Morgan fingerprint density at radius 2 is 1.58 bits per heavy atom. The van der Waals surface area contributed by atoms with Crippen LogP contribution in [0.4, 0.5) is 0 Å². The van der Waals surface area contributed by atoms with E-state index >= 15 is 0 Å². The first-order valence-corrected chi connectivity index (χ1v) is 10.5. The Kier molecular flexibility index (Phi) is 6.80. The molecule has 7 heteroatoms. The van der Waals surface area contributed by atoms with Gasteiger partial charge in [-0.2, -0.15) is 5.10 Å². The van der Waals surface area contributed by atoms with E-state index in [9.17, 15) is 9.59 Å². The van der Waals surface area contributed by atoms with Crippen LogP contribution in [0.25, 0.3) is 6.08 Å². The summed E-state index contributed by atoms with van der Waals surface area (Å²) >= 11 is 0. The number of hydrogen-bond acceptors (Lipinski definition) is 5. The molecule has 4 rings (SSSR count). The van der Waals surface area contributed by atoms with Crippen molar-refractivity contribution >= 4 is 23.6 Å². The number of hydrazone groups is 1. The molecule has 0 aromatic heterocycles. The number of benzene rings is 3. The largest absolute Gasteiger partial charge is 0.454 e.